The summed E-state index contributed by atoms with van der Waals surface area (Å²) in [4.78, 5) is 15.5. The molecule has 0 aromatic carbocycles. The molecule has 0 saturated heterocycles. The molecule has 1 aromatic heterocycles. The maximum absolute atomic E-state index is 11.5. The van der Waals surface area contributed by atoms with E-state index >= 15 is 0 Å². The second-order valence-corrected chi connectivity index (χ2v) is 2.85. The van der Waals surface area contributed by atoms with E-state index in [1.54, 1.807) is 30.5 Å². The Labute approximate surface area is 88.3 Å². The Morgan fingerprint density at radius 1 is 1.73 bits per heavy atom. The molecule has 15 heavy (non-hydrogen) atoms. The van der Waals surface area contributed by atoms with Crippen LogP contribution in [0.5, 0.6) is 0 Å². The molecule has 0 radical (unpaired) electrons. The minimum atomic E-state index is -0.855. The van der Waals surface area contributed by atoms with Gasteiger partial charge in [0.2, 0.25) is 5.91 Å². The van der Waals surface area contributed by atoms with E-state index in [-0.39, 0.29) is 5.91 Å². The van der Waals surface area contributed by atoms with Crippen molar-refractivity contribution in [3.8, 4) is 6.07 Å². The average molecular weight is 201 g/mol. The van der Waals surface area contributed by atoms with Crippen LogP contribution in [-0.4, -0.2) is 17.4 Å². The lowest BCUT2D eigenvalue weighted by atomic mass is 10.1. The maximum atomic E-state index is 11.5. The van der Waals surface area contributed by atoms with Gasteiger partial charge in [-0.05, 0) is 12.1 Å². The van der Waals surface area contributed by atoms with Gasteiger partial charge in [0.25, 0.3) is 0 Å². The lowest BCUT2D eigenvalue weighted by Crippen LogP contribution is -2.29. The summed E-state index contributed by atoms with van der Waals surface area (Å²) in [6, 6.07) is 7.05. The van der Waals surface area contributed by atoms with E-state index in [4.69, 9.17) is 5.26 Å². The summed E-state index contributed by atoms with van der Waals surface area (Å²) in [5.41, 5.74) is 0.460. The Morgan fingerprint density at radius 3 is 3.07 bits per heavy atom. The van der Waals surface area contributed by atoms with Crippen molar-refractivity contribution in [1.29, 1.82) is 5.26 Å². The zero-order valence-electron chi connectivity index (χ0n) is 8.18. The molecule has 1 rings (SSSR count). The maximum Gasteiger partial charge on any atom is 0.243 e. The van der Waals surface area contributed by atoms with Gasteiger partial charge in [0.1, 0.15) is 0 Å². The van der Waals surface area contributed by atoms with Gasteiger partial charge in [0, 0.05) is 12.7 Å². The third kappa shape index (κ3) is 2.92. The zero-order chi connectivity index (χ0) is 11.1. The summed E-state index contributed by atoms with van der Waals surface area (Å²) < 4.78 is 0. The molecule has 1 amide bonds. The van der Waals surface area contributed by atoms with Crippen molar-refractivity contribution < 1.29 is 4.79 Å². The smallest absolute Gasteiger partial charge is 0.243 e. The summed E-state index contributed by atoms with van der Waals surface area (Å²) in [6.07, 6.45) is 3.12. The van der Waals surface area contributed by atoms with Gasteiger partial charge in [-0.3, -0.25) is 9.78 Å². The number of nitrogens with zero attached hydrogens (tertiary/aromatic N) is 2. The molecular formula is C11H11N3O. The highest BCUT2D eigenvalue weighted by atomic mass is 16.1. The van der Waals surface area contributed by atoms with Gasteiger partial charge >= 0.3 is 0 Å². The number of carbonyl (C=O) groups excluding carboxylic acids is 1. The van der Waals surface area contributed by atoms with Gasteiger partial charge in [-0.25, -0.2) is 0 Å². The lowest BCUT2D eigenvalue weighted by Gasteiger charge is -2.07. The topological polar surface area (TPSA) is 65.8 Å². The van der Waals surface area contributed by atoms with Gasteiger partial charge < -0.3 is 5.32 Å². The van der Waals surface area contributed by atoms with Gasteiger partial charge in [-0.2, -0.15) is 5.26 Å². The van der Waals surface area contributed by atoms with E-state index < -0.39 is 5.92 Å². The van der Waals surface area contributed by atoms with Crippen molar-refractivity contribution in [2.75, 3.05) is 6.54 Å². The first kappa shape index (κ1) is 10.9. The van der Waals surface area contributed by atoms with Crippen molar-refractivity contribution >= 4 is 5.91 Å². The molecule has 76 valence electrons. The SMILES string of the molecule is C=CCNC(=O)[C@H](C#N)c1ccccn1. The average Bonchev–Trinajstić information content (AvgIpc) is 2.29. The summed E-state index contributed by atoms with van der Waals surface area (Å²) in [5, 5.41) is 11.4. The van der Waals surface area contributed by atoms with Crippen molar-refractivity contribution in [3.05, 3.63) is 42.7 Å². The monoisotopic (exact) mass is 201 g/mol. The molecule has 4 heteroatoms. The zero-order valence-corrected chi connectivity index (χ0v) is 8.18. The van der Waals surface area contributed by atoms with Crippen molar-refractivity contribution in [2.24, 2.45) is 0 Å². The molecule has 1 N–H and O–H groups in total. The van der Waals surface area contributed by atoms with Gasteiger partial charge in [-0.15, -0.1) is 6.58 Å². The van der Waals surface area contributed by atoms with E-state index in [2.05, 4.69) is 16.9 Å². The van der Waals surface area contributed by atoms with Gasteiger partial charge in [-0.1, -0.05) is 12.1 Å². The lowest BCUT2D eigenvalue weighted by molar-refractivity contribution is -0.121. The molecule has 1 aromatic rings. The number of rotatable bonds is 4. The normalized spacial score (nSPS) is 11.1. The molecule has 0 spiro atoms. The Morgan fingerprint density at radius 2 is 2.53 bits per heavy atom. The number of hydrogen-bond donors (Lipinski definition) is 1. The predicted octanol–water partition coefficient (Wildman–Crippen LogP) is 0.991. The molecule has 0 unspecified atom stereocenters. The molecule has 0 fully saturated rings. The van der Waals surface area contributed by atoms with Gasteiger partial charge in [0.05, 0.1) is 11.8 Å². The van der Waals surface area contributed by atoms with Crippen LogP contribution in [0.1, 0.15) is 11.6 Å². The van der Waals surface area contributed by atoms with Crippen molar-refractivity contribution in [3.63, 3.8) is 0 Å². The van der Waals surface area contributed by atoms with Crippen LogP contribution in [0.3, 0.4) is 0 Å². The number of amides is 1. The minimum Gasteiger partial charge on any atom is -0.351 e. The quantitative estimate of drug-likeness (QED) is 0.739. The number of nitriles is 1. The van der Waals surface area contributed by atoms with Crippen LogP contribution in [0.4, 0.5) is 0 Å². The number of carbonyl (C=O) groups is 1. The standard InChI is InChI=1S/C11H11N3O/c1-2-6-14-11(15)9(8-12)10-5-3-4-7-13-10/h2-5,7,9H,1,6H2,(H,14,15)/t9-/m1/s1. The van der Waals surface area contributed by atoms with E-state index in [0.717, 1.165) is 0 Å². The van der Waals surface area contributed by atoms with E-state index in [1.165, 1.54) is 0 Å². The molecule has 0 aliphatic rings. The molecule has 1 atom stereocenters. The van der Waals surface area contributed by atoms with Gasteiger partial charge in [0.15, 0.2) is 5.92 Å². The molecule has 0 aliphatic heterocycles. The summed E-state index contributed by atoms with van der Waals surface area (Å²) >= 11 is 0. The van der Waals surface area contributed by atoms with Crippen LogP contribution in [-0.2, 0) is 4.79 Å². The molecule has 0 saturated carbocycles. The van der Waals surface area contributed by atoms with E-state index in [9.17, 15) is 4.79 Å². The van der Waals surface area contributed by atoms with Crippen LogP contribution in [0.25, 0.3) is 0 Å². The van der Waals surface area contributed by atoms with Crippen LogP contribution in [0.2, 0.25) is 0 Å². The Kier molecular flexibility index (Phi) is 4.05. The minimum absolute atomic E-state index is 0.351. The molecule has 0 aliphatic carbocycles. The predicted molar refractivity (Wildman–Crippen MR) is 55.8 cm³/mol. The van der Waals surface area contributed by atoms with Crippen LogP contribution < -0.4 is 5.32 Å². The van der Waals surface area contributed by atoms with E-state index in [0.29, 0.717) is 12.2 Å². The molecule has 0 bridgehead atoms. The van der Waals surface area contributed by atoms with Crippen LogP contribution >= 0.6 is 0 Å². The Bertz CT molecular complexity index is 381. The first-order chi connectivity index (χ1) is 7.29. The highest BCUT2D eigenvalue weighted by Crippen LogP contribution is 2.11. The Balaban J connectivity index is 2.77. The highest BCUT2D eigenvalue weighted by molar-refractivity contribution is 5.85. The summed E-state index contributed by atoms with van der Waals surface area (Å²) in [5.74, 6) is -1.21. The Hall–Kier alpha value is -2.15. The first-order valence-corrected chi connectivity index (χ1v) is 4.48. The fraction of sp³-hybridized carbons (Fsp3) is 0.182. The molecule has 4 nitrogen and oxygen atoms in total. The largest absolute Gasteiger partial charge is 0.351 e. The van der Waals surface area contributed by atoms with Crippen LogP contribution in [0.15, 0.2) is 37.1 Å². The summed E-state index contributed by atoms with van der Waals surface area (Å²) in [6.45, 7) is 3.83. The number of hydrogen-bond acceptors (Lipinski definition) is 3. The third-order valence-corrected chi connectivity index (χ3v) is 1.80. The van der Waals surface area contributed by atoms with Crippen LogP contribution in [0, 0.1) is 11.3 Å². The highest BCUT2D eigenvalue weighted by Gasteiger charge is 2.20. The molecular weight excluding hydrogens is 190 g/mol. The van der Waals surface area contributed by atoms with E-state index in [1.807, 2.05) is 6.07 Å². The first-order valence-electron chi connectivity index (χ1n) is 4.48. The second-order valence-electron chi connectivity index (χ2n) is 2.85. The molecule has 1 heterocycles. The van der Waals surface area contributed by atoms with Crippen molar-refractivity contribution in [1.82, 2.24) is 10.3 Å². The third-order valence-electron chi connectivity index (χ3n) is 1.80. The van der Waals surface area contributed by atoms with Crippen molar-refractivity contribution in [2.45, 2.75) is 5.92 Å². The number of aromatic nitrogens is 1. The number of nitrogens with one attached hydrogen (secondary N) is 1. The number of pyridine rings is 1. The fourth-order valence-corrected chi connectivity index (χ4v) is 1.08. The fourth-order valence-electron chi connectivity index (χ4n) is 1.08. The second kappa shape index (κ2) is 5.55. The summed E-state index contributed by atoms with van der Waals surface area (Å²) in [7, 11) is 0.